The van der Waals surface area contributed by atoms with Gasteiger partial charge in [0.2, 0.25) is 0 Å². The van der Waals surface area contributed by atoms with Gasteiger partial charge in [-0.25, -0.2) is 9.07 Å². The number of carbonyl (C=O) groups is 1. The Morgan fingerprint density at radius 2 is 1.72 bits per heavy atom. The van der Waals surface area contributed by atoms with Crippen LogP contribution in [0.5, 0.6) is 0 Å². The Morgan fingerprint density at radius 3 is 2.50 bits per heavy atom. The Balaban J connectivity index is 1.26. The number of benzene rings is 3. The second-order valence-corrected chi connectivity index (χ2v) is 9.11. The highest BCUT2D eigenvalue weighted by molar-refractivity contribution is 5.93. The van der Waals surface area contributed by atoms with Crippen LogP contribution in [0.2, 0.25) is 0 Å². The number of amides is 1. The summed E-state index contributed by atoms with van der Waals surface area (Å²) in [4.78, 5) is 12.9. The zero-order valence-corrected chi connectivity index (χ0v) is 20.4. The number of aromatic nitrogens is 4. The van der Waals surface area contributed by atoms with Gasteiger partial charge in [0.25, 0.3) is 5.91 Å². The van der Waals surface area contributed by atoms with Gasteiger partial charge in [0.1, 0.15) is 5.82 Å². The van der Waals surface area contributed by atoms with Gasteiger partial charge in [0.15, 0.2) is 5.69 Å². The molecule has 5 rings (SSSR count). The fourth-order valence-corrected chi connectivity index (χ4v) is 4.54. The van der Waals surface area contributed by atoms with Crippen molar-refractivity contribution in [3.8, 4) is 5.69 Å². The molecule has 182 valence electrons. The van der Waals surface area contributed by atoms with Crippen LogP contribution in [-0.2, 0) is 13.0 Å². The first-order chi connectivity index (χ1) is 17.5. The summed E-state index contributed by atoms with van der Waals surface area (Å²) in [5.41, 5.74) is 5.26. The van der Waals surface area contributed by atoms with E-state index in [0.717, 1.165) is 19.4 Å². The van der Waals surface area contributed by atoms with E-state index in [0.29, 0.717) is 11.4 Å². The quantitative estimate of drug-likeness (QED) is 0.320. The van der Waals surface area contributed by atoms with Crippen LogP contribution in [0, 0.1) is 12.7 Å². The molecule has 0 bridgehead atoms. The molecule has 0 aliphatic carbocycles. The van der Waals surface area contributed by atoms with Gasteiger partial charge < -0.3 is 9.88 Å². The molecule has 0 aliphatic heterocycles. The molecular formula is C29H28FN5O. The highest BCUT2D eigenvalue weighted by Gasteiger charge is 2.19. The van der Waals surface area contributed by atoms with Gasteiger partial charge in [0.05, 0.1) is 11.4 Å². The molecule has 0 fully saturated rings. The minimum Gasteiger partial charge on any atom is -0.348 e. The van der Waals surface area contributed by atoms with Crippen molar-refractivity contribution in [2.24, 2.45) is 0 Å². The van der Waals surface area contributed by atoms with Gasteiger partial charge in [-0.1, -0.05) is 53.7 Å². The van der Waals surface area contributed by atoms with Gasteiger partial charge >= 0.3 is 0 Å². The number of rotatable bonds is 8. The van der Waals surface area contributed by atoms with Crippen LogP contribution in [0.3, 0.4) is 0 Å². The summed E-state index contributed by atoms with van der Waals surface area (Å²) in [6.45, 7) is 4.60. The van der Waals surface area contributed by atoms with Crippen LogP contribution in [0.1, 0.15) is 40.7 Å². The van der Waals surface area contributed by atoms with Gasteiger partial charge in [0, 0.05) is 29.7 Å². The first-order valence-electron chi connectivity index (χ1n) is 12.1. The number of halogens is 1. The molecule has 36 heavy (non-hydrogen) atoms. The largest absolute Gasteiger partial charge is 0.348 e. The van der Waals surface area contributed by atoms with E-state index in [2.05, 4.69) is 74.9 Å². The van der Waals surface area contributed by atoms with Crippen LogP contribution < -0.4 is 5.32 Å². The van der Waals surface area contributed by atoms with E-state index in [1.165, 1.54) is 34.2 Å². The molecule has 3 aromatic carbocycles. The van der Waals surface area contributed by atoms with Crippen LogP contribution >= 0.6 is 0 Å². The second kappa shape index (κ2) is 10.2. The van der Waals surface area contributed by atoms with Gasteiger partial charge in [-0.05, 0) is 68.1 Å². The summed E-state index contributed by atoms with van der Waals surface area (Å²) >= 11 is 0. The topological polar surface area (TPSA) is 64.7 Å². The molecule has 0 spiro atoms. The zero-order valence-electron chi connectivity index (χ0n) is 20.4. The molecule has 1 amide bonds. The summed E-state index contributed by atoms with van der Waals surface area (Å²) in [7, 11) is 0. The zero-order chi connectivity index (χ0) is 25.1. The lowest BCUT2D eigenvalue weighted by Gasteiger charge is -2.13. The van der Waals surface area contributed by atoms with E-state index in [9.17, 15) is 9.18 Å². The van der Waals surface area contributed by atoms with E-state index < -0.39 is 0 Å². The standard InChI is InChI=1S/C29H28FN5O/c1-20(31-29(36)28-21(2)35(33-32-28)25-16-14-24(30)15-17-25)12-13-23-19-34(18-22-8-4-3-5-9-22)27-11-7-6-10-26(23)27/h3-11,14-17,19-20H,12-13,18H2,1-2H3,(H,31,36)/t20-/m0/s1. The van der Waals surface area contributed by atoms with Crippen molar-refractivity contribution < 1.29 is 9.18 Å². The lowest BCUT2D eigenvalue weighted by Crippen LogP contribution is -2.33. The fourth-order valence-electron chi connectivity index (χ4n) is 4.54. The molecule has 0 saturated carbocycles. The normalized spacial score (nSPS) is 12.1. The van der Waals surface area contributed by atoms with Crippen molar-refractivity contribution in [3.05, 3.63) is 113 Å². The highest BCUT2D eigenvalue weighted by atomic mass is 19.1. The monoisotopic (exact) mass is 481 g/mol. The Morgan fingerprint density at radius 1 is 1.00 bits per heavy atom. The maximum atomic E-state index is 13.3. The van der Waals surface area contributed by atoms with E-state index in [-0.39, 0.29) is 23.5 Å². The predicted molar refractivity (Wildman–Crippen MR) is 139 cm³/mol. The predicted octanol–water partition coefficient (Wildman–Crippen LogP) is 5.47. The molecule has 6 nitrogen and oxygen atoms in total. The van der Waals surface area contributed by atoms with Crippen molar-refractivity contribution >= 4 is 16.8 Å². The first-order valence-corrected chi connectivity index (χ1v) is 12.1. The third-order valence-corrected chi connectivity index (χ3v) is 6.47. The van der Waals surface area contributed by atoms with Crippen molar-refractivity contribution in [1.29, 1.82) is 0 Å². The average Bonchev–Trinajstić information content (AvgIpc) is 3.44. The maximum absolute atomic E-state index is 13.3. The van der Waals surface area contributed by atoms with Crippen LogP contribution in [0.4, 0.5) is 4.39 Å². The van der Waals surface area contributed by atoms with Gasteiger partial charge in [-0.3, -0.25) is 4.79 Å². The van der Waals surface area contributed by atoms with Crippen LogP contribution in [0.25, 0.3) is 16.6 Å². The van der Waals surface area contributed by atoms with E-state index in [4.69, 9.17) is 0 Å². The number of aryl methyl sites for hydroxylation is 1. The van der Waals surface area contributed by atoms with E-state index >= 15 is 0 Å². The maximum Gasteiger partial charge on any atom is 0.273 e. The molecule has 5 aromatic rings. The van der Waals surface area contributed by atoms with Gasteiger partial charge in [-0.15, -0.1) is 5.10 Å². The second-order valence-electron chi connectivity index (χ2n) is 9.11. The molecule has 7 heteroatoms. The first kappa shape index (κ1) is 23.5. The number of para-hydroxylation sites is 1. The minimum absolute atomic E-state index is 0.0518. The van der Waals surface area contributed by atoms with Crippen LogP contribution in [-0.4, -0.2) is 31.5 Å². The molecule has 2 heterocycles. The number of carbonyl (C=O) groups excluding carboxylic acids is 1. The summed E-state index contributed by atoms with van der Waals surface area (Å²) in [5, 5.41) is 12.5. The number of fused-ring (bicyclic) bond motifs is 1. The Hall–Kier alpha value is -4.26. The molecule has 1 atom stereocenters. The number of nitrogens with zero attached hydrogens (tertiary/aromatic N) is 4. The Bertz CT molecular complexity index is 1490. The molecular weight excluding hydrogens is 453 g/mol. The SMILES string of the molecule is Cc1c(C(=O)N[C@@H](C)CCc2cn(Cc3ccccc3)c3ccccc23)nnn1-c1ccc(F)cc1. The third kappa shape index (κ3) is 4.91. The van der Waals surface area contributed by atoms with Crippen molar-refractivity contribution in [2.45, 2.75) is 39.3 Å². The Kier molecular flexibility index (Phi) is 6.62. The molecule has 0 radical (unpaired) electrons. The van der Waals surface area contributed by atoms with E-state index in [1.54, 1.807) is 23.7 Å². The summed E-state index contributed by atoms with van der Waals surface area (Å²) in [5.74, 6) is -0.591. The van der Waals surface area contributed by atoms with Crippen molar-refractivity contribution in [2.75, 3.05) is 0 Å². The summed E-state index contributed by atoms with van der Waals surface area (Å²) < 4.78 is 17.1. The van der Waals surface area contributed by atoms with Crippen molar-refractivity contribution in [3.63, 3.8) is 0 Å². The summed E-state index contributed by atoms with van der Waals surface area (Å²) in [6, 6.07) is 24.8. The van der Waals surface area contributed by atoms with E-state index in [1.807, 2.05) is 13.0 Å². The van der Waals surface area contributed by atoms with Crippen LogP contribution in [0.15, 0.2) is 85.1 Å². The molecule has 0 aliphatic rings. The molecule has 2 aromatic heterocycles. The molecule has 1 N–H and O–H groups in total. The number of hydrogen-bond acceptors (Lipinski definition) is 3. The lowest BCUT2D eigenvalue weighted by atomic mass is 10.1. The fraction of sp³-hybridized carbons (Fsp3) is 0.207. The minimum atomic E-state index is -0.327. The molecule has 0 saturated heterocycles. The molecule has 0 unspecified atom stereocenters. The lowest BCUT2D eigenvalue weighted by molar-refractivity contribution is 0.0932. The number of nitrogens with one attached hydrogen (secondary N) is 1. The third-order valence-electron chi connectivity index (χ3n) is 6.47. The van der Waals surface area contributed by atoms with Gasteiger partial charge in [-0.2, -0.15) is 0 Å². The average molecular weight is 482 g/mol. The Labute approximate surface area is 209 Å². The summed E-state index contributed by atoms with van der Waals surface area (Å²) in [6.07, 6.45) is 3.85. The smallest absolute Gasteiger partial charge is 0.273 e. The number of hydrogen-bond donors (Lipinski definition) is 1. The van der Waals surface area contributed by atoms with Crippen molar-refractivity contribution in [1.82, 2.24) is 24.9 Å². The highest BCUT2D eigenvalue weighted by Crippen LogP contribution is 2.24.